The third kappa shape index (κ3) is 3.04. The highest BCUT2D eigenvalue weighted by Gasteiger charge is 2.42. The molecule has 0 amide bonds. The molecule has 0 aromatic rings. The molecule has 0 atom stereocenters. The molecule has 0 N–H and O–H groups in total. The molecule has 0 aromatic heterocycles. The molecule has 0 bridgehead atoms. The predicted molar refractivity (Wildman–Crippen MR) is 69.6 cm³/mol. The maximum Gasteiger partial charge on any atom is 0.186 e. The van der Waals surface area contributed by atoms with E-state index < -0.39 is 0 Å². The van der Waals surface area contributed by atoms with E-state index in [2.05, 4.69) is 0 Å². The summed E-state index contributed by atoms with van der Waals surface area (Å²) in [7, 11) is 0. The van der Waals surface area contributed by atoms with Gasteiger partial charge in [0.1, 0.15) is 0 Å². The summed E-state index contributed by atoms with van der Waals surface area (Å²) in [5.41, 5.74) is 0. The van der Waals surface area contributed by atoms with E-state index in [-0.39, 0.29) is 10.2 Å². The van der Waals surface area contributed by atoms with E-state index >= 15 is 0 Å². The van der Waals surface area contributed by atoms with E-state index in [1.807, 2.05) is 0 Å². The molecule has 0 aromatic carbocycles. The molecule has 2 fully saturated rings. The van der Waals surface area contributed by atoms with Crippen molar-refractivity contribution in [2.75, 3.05) is 0 Å². The van der Waals surface area contributed by atoms with Gasteiger partial charge < -0.3 is 0 Å². The molecule has 0 saturated heterocycles. The zero-order chi connectivity index (χ0) is 11.7. The van der Waals surface area contributed by atoms with Crippen molar-refractivity contribution in [3.05, 3.63) is 0 Å². The molecule has 2 aliphatic rings. The quantitative estimate of drug-likeness (QED) is 0.762. The van der Waals surface area contributed by atoms with Crippen LogP contribution in [0.2, 0.25) is 0 Å². The number of hydrogen-bond donors (Lipinski definition) is 0. The molecule has 2 saturated carbocycles. The number of fused-ring (bicyclic) bond motifs is 1. The first kappa shape index (κ1) is 12.5. The van der Waals surface area contributed by atoms with Gasteiger partial charge in [0.25, 0.3) is 0 Å². The molecule has 0 radical (unpaired) electrons. The highest BCUT2D eigenvalue weighted by Crippen LogP contribution is 2.50. The summed E-state index contributed by atoms with van der Waals surface area (Å²) in [5.74, 6) is 1.54. The SMILES string of the molecule is CC(=O)SC1CC2CC(SC(C)=O)CC2C1. The van der Waals surface area contributed by atoms with Crippen LogP contribution in [0, 0.1) is 11.8 Å². The number of thioether (sulfide) groups is 2. The lowest BCUT2D eigenvalue weighted by Gasteiger charge is -2.11. The van der Waals surface area contributed by atoms with Crippen LogP contribution >= 0.6 is 23.5 Å². The minimum absolute atomic E-state index is 0.250. The standard InChI is InChI=1S/C12H18O2S2/c1-7(13)15-11-3-9-5-12(16-8(2)14)6-10(9)4-11/h9-12H,3-6H2,1-2H3. The Morgan fingerprint density at radius 3 is 1.38 bits per heavy atom. The fraction of sp³-hybridized carbons (Fsp3) is 0.833. The number of hydrogen-bond acceptors (Lipinski definition) is 4. The van der Waals surface area contributed by atoms with Crippen LogP contribution in [0.5, 0.6) is 0 Å². The van der Waals surface area contributed by atoms with Crippen molar-refractivity contribution in [3.8, 4) is 0 Å². The summed E-state index contributed by atoms with van der Waals surface area (Å²) in [5, 5.41) is 1.60. The summed E-state index contributed by atoms with van der Waals surface area (Å²) >= 11 is 3.04. The smallest absolute Gasteiger partial charge is 0.186 e. The van der Waals surface area contributed by atoms with Crippen molar-refractivity contribution in [2.45, 2.75) is 50.0 Å². The van der Waals surface area contributed by atoms with Crippen LogP contribution in [-0.4, -0.2) is 20.7 Å². The minimum Gasteiger partial charge on any atom is -0.288 e. The first-order chi connectivity index (χ1) is 7.54. The zero-order valence-electron chi connectivity index (χ0n) is 9.77. The summed E-state index contributed by atoms with van der Waals surface area (Å²) in [6.07, 6.45) is 4.74. The van der Waals surface area contributed by atoms with Crippen LogP contribution in [0.15, 0.2) is 0 Å². The molecule has 0 unspecified atom stereocenters. The van der Waals surface area contributed by atoms with Crippen molar-refractivity contribution < 1.29 is 9.59 Å². The molecule has 0 spiro atoms. The second kappa shape index (κ2) is 5.13. The highest BCUT2D eigenvalue weighted by atomic mass is 32.2. The Bertz CT molecular complexity index is 261. The van der Waals surface area contributed by atoms with Crippen molar-refractivity contribution in [3.63, 3.8) is 0 Å². The second-order valence-electron chi connectivity index (χ2n) is 4.93. The van der Waals surface area contributed by atoms with Gasteiger partial charge in [-0.2, -0.15) is 0 Å². The van der Waals surface area contributed by atoms with Crippen molar-refractivity contribution in [1.29, 1.82) is 0 Å². The number of carbonyl (C=O) groups excluding carboxylic acids is 2. The van der Waals surface area contributed by atoms with Crippen LogP contribution in [0.4, 0.5) is 0 Å². The Morgan fingerprint density at radius 2 is 1.12 bits per heavy atom. The molecule has 2 nitrogen and oxygen atoms in total. The third-order valence-electron chi connectivity index (χ3n) is 3.59. The lowest BCUT2D eigenvalue weighted by atomic mass is 10.0. The van der Waals surface area contributed by atoms with Crippen molar-refractivity contribution in [2.24, 2.45) is 11.8 Å². The molecule has 2 rings (SSSR count). The lowest BCUT2D eigenvalue weighted by Crippen LogP contribution is -2.06. The van der Waals surface area contributed by atoms with Crippen LogP contribution in [0.25, 0.3) is 0 Å². The minimum atomic E-state index is 0.250. The molecule has 16 heavy (non-hydrogen) atoms. The van der Waals surface area contributed by atoms with Crippen LogP contribution < -0.4 is 0 Å². The van der Waals surface area contributed by atoms with Crippen LogP contribution in [-0.2, 0) is 9.59 Å². The Labute approximate surface area is 105 Å². The third-order valence-corrected chi connectivity index (χ3v) is 5.69. The van der Waals surface area contributed by atoms with Gasteiger partial charge in [-0.05, 0) is 37.5 Å². The largest absolute Gasteiger partial charge is 0.288 e. The Kier molecular flexibility index (Phi) is 4.01. The number of rotatable bonds is 2. The van der Waals surface area contributed by atoms with Gasteiger partial charge in [0.05, 0.1) is 0 Å². The maximum absolute atomic E-state index is 11.0. The van der Waals surface area contributed by atoms with Gasteiger partial charge in [0, 0.05) is 24.3 Å². The van der Waals surface area contributed by atoms with Gasteiger partial charge in [-0.3, -0.25) is 9.59 Å². The number of carbonyl (C=O) groups is 2. The van der Waals surface area contributed by atoms with Crippen molar-refractivity contribution >= 4 is 33.8 Å². The Hall–Kier alpha value is 0.0400. The van der Waals surface area contributed by atoms with Gasteiger partial charge >= 0.3 is 0 Å². The van der Waals surface area contributed by atoms with Gasteiger partial charge in [-0.15, -0.1) is 0 Å². The highest BCUT2D eigenvalue weighted by molar-refractivity contribution is 8.14. The fourth-order valence-electron chi connectivity index (χ4n) is 3.17. The monoisotopic (exact) mass is 258 g/mol. The van der Waals surface area contributed by atoms with Crippen LogP contribution in [0.1, 0.15) is 39.5 Å². The molecule has 0 heterocycles. The van der Waals surface area contributed by atoms with Gasteiger partial charge in [-0.25, -0.2) is 0 Å². The average molecular weight is 258 g/mol. The predicted octanol–water partition coefficient (Wildman–Crippen LogP) is 3.10. The van der Waals surface area contributed by atoms with Crippen LogP contribution in [0.3, 0.4) is 0 Å². The van der Waals surface area contributed by atoms with Gasteiger partial charge in [0.15, 0.2) is 10.2 Å². The molecular weight excluding hydrogens is 240 g/mol. The van der Waals surface area contributed by atoms with E-state index in [1.165, 1.54) is 49.2 Å². The molecule has 4 heteroatoms. The molecule has 0 aliphatic heterocycles. The van der Waals surface area contributed by atoms with E-state index in [1.54, 1.807) is 13.8 Å². The molecule has 90 valence electrons. The fourth-order valence-corrected chi connectivity index (χ4v) is 5.48. The van der Waals surface area contributed by atoms with Gasteiger partial charge in [-0.1, -0.05) is 23.5 Å². The zero-order valence-corrected chi connectivity index (χ0v) is 11.4. The van der Waals surface area contributed by atoms with E-state index in [4.69, 9.17) is 0 Å². The van der Waals surface area contributed by atoms with Crippen molar-refractivity contribution in [1.82, 2.24) is 0 Å². The second-order valence-corrected chi connectivity index (χ2v) is 7.88. The Morgan fingerprint density at radius 1 is 0.812 bits per heavy atom. The van der Waals surface area contributed by atoms with E-state index in [0.29, 0.717) is 10.5 Å². The van der Waals surface area contributed by atoms with E-state index in [9.17, 15) is 9.59 Å². The normalized spacial score (nSPS) is 37.4. The Balaban J connectivity index is 1.81. The lowest BCUT2D eigenvalue weighted by molar-refractivity contribution is -0.110. The first-order valence-electron chi connectivity index (χ1n) is 5.89. The molecule has 2 aliphatic carbocycles. The molecular formula is C12H18O2S2. The summed E-state index contributed by atoms with van der Waals surface area (Å²) in [6, 6.07) is 0. The maximum atomic E-state index is 11.0. The first-order valence-corrected chi connectivity index (χ1v) is 7.65. The topological polar surface area (TPSA) is 34.1 Å². The van der Waals surface area contributed by atoms with E-state index in [0.717, 1.165) is 11.8 Å². The summed E-state index contributed by atoms with van der Waals surface area (Å²) in [4.78, 5) is 22.1. The van der Waals surface area contributed by atoms with Gasteiger partial charge in [0.2, 0.25) is 0 Å². The average Bonchev–Trinajstić information content (AvgIpc) is 2.58. The summed E-state index contributed by atoms with van der Waals surface area (Å²) in [6.45, 7) is 3.32. The summed E-state index contributed by atoms with van der Waals surface area (Å²) < 4.78 is 0.